The number of nitrogens with two attached hydrogens (primary N) is 1. The molecule has 0 spiro atoms. The van der Waals surface area contributed by atoms with Gasteiger partial charge in [0.15, 0.2) is 0 Å². The van der Waals surface area contributed by atoms with E-state index >= 15 is 0 Å². The average Bonchev–Trinajstić information content (AvgIpc) is 2.74. The summed E-state index contributed by atoms with van der Waals surface area (Å²) in [6, 6.07) is 13.6. The first-order valence-electron chi connectivity index (χ1n) is 5.64. The fraction of sp³-hybridized carbons (Fsp3) is 0. The molecular weight excluding hydrogens is 243 g/mol. The standard InChI is InChI=1S/C14H9FN4/c15-10-4-3-7-12(9(10)8-16)19-13-6-2-1-5-11(13)18-14(19)17/h1-7H,(H2,17,18). The molecule has 0 atom stereocenters. The van der Waals surface area contributed by atoms with Crippen molar-refractivity contribution in [2.24, 2.45) is 0 Å². The normalized spacial score (nSPS) is 10.5. The third-order valence-electron chi connectivity index (χ3n) is 2.93. The minimum absolute atomic E-state index is 0.0441. The van der Waals surface area contributed by atoms with E-state index in [2.05, 4.69) is 4.98 Å². The molecule has 0 unspecified atom stereocenters. The van der Waals surface area contributed by atoms with E-state index in [0.717, 1.165) is 5.52 Å². The fourth-order valence-electron chi connectivity index (χ4n) is 2.11. The highest BCUT2D eigenvalue weighted by molar-refractivity contribution is 5.81. The van der Waals surface area contributed by atoms with E-state index in [9.17, 15) is 4.39 Å². The number of fused-ring (bicyclic) bond motifs is 1. The topological polar surface area (TPSA) is 67.6 Å². The number of hydrogen-bond donors (Lipinski definition) is 1. The van der Waals surface area contributed by atoms with Crippen molar-refractivity contribution < 1.29 is 4.39 Å². The molecule has 0 aliphatic carbocycles. The van der Waals surface area contributed by atoms with Gasteiger partial charge in [-0.05, 0) is 24.3 Å². The van der Waals surface area contributed by atoms with Crippen LogP contribution >= 0.6 is 0 Å². The fourth-order valence-corrected chi connectivity index (χ4v) is 2.11. The minimum atomic E-state index is -0.572. The van der Waals surface area contributed by atoms with Crippen molar-refractivity contribution in [1.29, 1.82) is 5.26 Å². The SMILES string of the molecule is N#Cc1c(F)cccc1-n1c(N)nc2ccccc21. The van der Waals surface area contributed by atoms with Crippen LogP contribution < -0.4 is 5.73 Å². The molecule has 0 aliphatic heterocycles. The highest BCUT2D eigenvalue weighted by Crippen LogP contribution is 2.26. The number of imidazole rings is 1. The third-order valence-corrected chi connectivity index (χ3v) is 2.93. The highest BCUT2D eigenvalue weighted by atomic mass is 19.1. The summed E-state index contributed by atoms with van der Waals surface area (Å²) in [4.78, 5) is 4.20. The molecule has 2 aromatic carbocycles. The minimum Gasteiger partial charge on any atom is -0.369 e. The monoisotopic (exact) mass is 252 g/mol. The first kappa shape index (κ1) is 11.2. The Morgan fingerprint density at radius 1 is 1.16 bits per heavy atom. The second-order valence-corrected chi connectivity index (χ2v) is 4.04. The zero-order chi connectivity index (χ0) is 13.4. The molecular formula is C14H9FN4. The number of nitrogens with zero attached hydrogens (tertiary/aromatic N) is 3. The van der Waals surface area contributed by atoms with Crippen LogP contribution in [0.5, 0.6) is 0 Å². The zero-order valence-electron chi connectivity index (χ0n) is 9.84. The molecule has 5 heteroatoms. The van der Waals surface area contributed by atoms with Gasteiger partial charge in [-0.3, -0.25) is 4.57 Å². The van der Waals surface area contributed by atoms with Crippen molar-refractivity contribution in [2.75, 3.05) is 5.73 Å². The molecule has 2 N–H and O–H groups in total. The maximum Gasteiger partial charge on any atom is 0.205 e. The largest absolute Gasteiger partial charge is 0.369 e. The zero-order valence-corrected chi connectivity index (χ0v) is 9.84. The van der Waals surface area contributed by atoms with Crippen LogP contribution in [0.4, 0.5) is 10.3 Å². The van der Waals surface area contributed by atoms with Gasteiger partial charge < -0.3 is 5.73 Å². The Labute approximate surface area is 108 Å². The van der Waals surface area contributed by atoms with E-state index in [1.807, 2.05) is 30.3 Å². The van der Waals surface area contributed by atoms with Gasteiger partial charge in [0.2, 0.25) is 5.95 Å². The van der Waals surface area contributed by atoms with Gasteiger partial charge in [-0.25, -0.2) is 9.37 Å². The molecule has 0 saturated carbocycles. The van der Waals surface area contributed by atoms with Crippen molar-refractivity contribution in [3.8, 4) is 11.8 Å². The van der Waals surface area contributed by atoms with E-state index in [1.54, 1.807) is 16.7 Å². The summed E-state index contributed by atoms with van der Waals surface area (Å²) >= 11 is 0. The molecule has 92 valence electrons. The molecule has 19 heavy (non-hydrogen) atoms. The van der Waals surface area contributed by atoms with Crippen molar-refractivity contribution >= 4 is 17.0 Å². The molecule has 1 heterocycles. The highest BCUT2D eigenvalue weighted by Gasteiger charge is 2.15. The van der Waals surface area contributed by atoms with Crippen LogP contribution in [-0.2, 0) is 0 Å². The molecule has 0 radical (unpaired) electrons. The van der Waals surface area contributed by atoms with Crippen LogP contribution in [0.3, 0.4) is 0 Å². The Morgan fingerprint density at radius 2 is 1.95 bits per heavy atom. The summed E-state index contributed by atoms with van der Waals surface area (Å²) < 4.78 is 15.3. The van der Waals surface area contributed by atoms with Gasteiger partial charge in [0, 0.05) is 0 Å². The van der Waals surface area contributed by atoms with E-state index in [0.29, 0.717) is 11.2 Å². The Hall–Kier alpha value is -2.87. The summed E-state index contributed by atoms with van der Waals surface area (Å²) in [6.07, 6.45) is 0. The molecule has 0 aliphatic rings. The third kappa shape index (κ3) is 1.62. The summed E-state index contributed by atoms with van der Waals surface area (Å²) in [6.45, 7) is 0. The van der Waals surface area contributed by atoms with Crippen LogP contribution in [0.1, 0.15) is 5.56 Å². The Bertz CT molecular complexity index is 814. The smallest absolute Gasteiger partial charge is 0.205 e. The van der Waals surface area contributed by atoms with Crippen LogP contribution in [-0.4, -0.2) is 9.55 Å². The maximum absolute atomic E-state index is 13.7. The van der Waals surface area contributed by atoms with Gasteiger partial charge in [0.05, 0.1) is 16.7 Å². The van der Waals surface area contributed by atoms with Gasteiger partial charge in [-0.2, -0.15) is 5.26 Å². The summed E-state index contributed by atoms with van der Waals surface area (Å²) in [5.74, 6) is -0.347. The quantitative estimate of drug-likeness (QED) is 0.723. The molecule has 0 saturated heterocycles. The van der Waals surface area contributed by atoms with Gasteiger partial charge in [0.1, 0.15) is 17.4 Å². The molecule has 1 aromatic heterocycles. The molecule has 0 fully saturated rings. The first-order valence-corrected chi connectivity index (χ1v) is 5.64. The first-order chi connectivity index (χ1) is 9.22. The maximum atomic E-state index is 13.7. The van der Waals surface area contributed by atoms with Gasteiger partial charge >= 0.3 is 0 Å². The number of anilines is 1. The van der Waals surface area contributed by atoms with Gasteiger partial charge in [-0.15, -0.1) is 0 Å². The van der Waals surface area contributed by atoms with Crippen LogP contribution in [0.15, 0.2) is 42.5 Å². The van der Waals surface area contributed by atoms with Crippen molar-refractivity contribution in [3.05, 3.63) is 53.8 Å². The van der Waals surface area contributed by atoms with Crippen LogP contribution in [0, 0.1) is 17.1 Å². The lowest BCUT2D eigenvalue weighted by molar-refractivity contribution is 0.623. The second kappa shape index (κ2) is 4.10. The number of hydrogen-bond acceptors (Lipinski definition) is 3. The predicted octanol–water partition coefficient (Wildman–Crippen LogP) is 2.62. The molecule has 3 aromatic rings. The number of rotatable bonds is 1. The summed E-state index contributed by atoms with van der Waals surface area (Å²) in [5, 5.41) is 9.10. The number of nitriles is 1. The number of nitrogen functional groups attached to an aromatic ring is 1. The molecule has 3 rings (SSSR count). The molecule has 0 amide bonds. The summed E-state index contributed by atoms with van der Waals surface area (Å²) in [7, 11) is 0. The second-order valence-electron chi connectivity index (χ2n) is 4.04. The van der Waals surface area contributed by atoms with Crippen LogP contribution in [0.25, 0.3) is 16.7 Å². The van der Waals surface area contributed by atoms with Gasteiger partial charge in [0.25, 0.3) is 0 Å². The number of aromatic nitrogens is 2. The Kier molecular flexibility index (Phi) is 2.43. The lowest BCUT2D eigenvalue weighted by Gasteiger charge is -2.08. The van der Waals surface area contributed by atoms with E-state index in [4.69, 9.17) is 11.0 Å². The van der Waals surface area contributed by atoms with Crippen molar-refractivity contribution in [2.45, 2.75) is 0 Å². The lowest BCUT2D eigenvalue weighted by Crippen LogP contribution is -2.04. The van der Waals surface area contributed by atoms with E-state index in [-0.39, 0.29) is 11.5 Å². The molecule has 0 bridgehead atoms. The predicted molar refractivity (Wildman–Crippen MR) is 70.2 cm³/mol. The van der Waals surface area contributed by atoms with Crippen molar-refractivity contribution in [1.82, 2.24) is 9.55 Å². The average molecular weight is 252 g/mol. The lowest BCUT2D eigenvalue weighted by atomic mass is 10.1. The Morgan fingerprint density at radius 3 is 2.74 bits per heavy atom. The van der Waals surface area contributed by atoms with Crippen LogP contribution in [0.2, 0.25) is 0 Å². The Balaban J connectivity index is 2.41. The number of para-hydroxylation sites is 2. The number of benzene rings is 2. The summed E-state index contributed by atoms with van der Waals surface area (Å²) in [5.41, 5.74) is 7.67. The van der Waals surface area contributed by atoms with Crippen molar-refractivity contribution in [3.63, 3.8) is 0 Å². The van der Waals surface area contributed by atoms with E-state index in [1.165, 1.54) is 6.07 Å². The number of halogens is 1. The molecule has 4 nitrogen and oxygen atoms in total. The van der Waals surface area contributed by atoms with E-state index < -0.39 is 5.82 Å². The van der Waals surface area contributed by atoms with Gasteiger partial charge in [-0.1, -0.05) is 18.2 Å².